The number of hydrogen-bond donors (Lipinski definition) is 2. The first kappa shape index (κ1) is 17.5. The maximum atomic E-state index is 5.18. The molecule has 0 atom stereocenters. The number of hydrogen-bond acceptors (Lipinski definition) is 5. The summed E-state index contributed by atoms with van der Waals surface area (Å²) < 4.78 is 5.18. The Morgan fingerprint density at radius 2 is 1.78 bits per heavy atom. The molecule has 0 amide bonds. The molecule has 23 heavy (non-hydrogen) atoms. The molecule has 0 spiro atoms. The van der Waals surface area contributed by atoms with Crippen LogP contribution in [0.5, 0.6) is 0 Å². The van der Waals surface area contributed by atoms with Crippen molar-refractivity contribution >= 4 is 17.3 Å². The highest BCUT2D eigenvalue weighted by molar-refractivity contribution is 7.11. The van der Waals surface area contributed by atoms with Gasteiger partial charge in [0.05, 0.1) is 16.4 Å². The van der Waals surface area contributed by atoms with Crippen LogP contribution in [-0.4, -0.2) is 36.2 Å². The molecule has 0 saturated heterocycles. The number of rotatable bonds is 6. The first-order valence-corrected chi connectivity index (χ1v) is 8.62. The number of aryl methyl sites for hydroxylation is 4. The van der Waals surface area contributed by atoms with E-state index in [1.165, 1.54) is 15.4 Å². The molecular weight excluding hydrogens is 310 g/mol. The number of nitrogens with zero attached hydrogens (tertiary/aromatic N) is 3. The van der Waals surface area contributed by atoms with Crippen LogP contribution in [0.1, 0.15) is 32.6 Å². The summed E-state index contributed by atoms with van der Waals surface area (Å²) in [6.07, 6.45) is 1.77. The quantitative estimate of drug-likeness (QED) is 0.626. The van der Waals surface area contributed by atoms with Gasteiger partial charge in [0, 0.05) is 37.0 Å². The van der Waals surface area contributed by atoms with Gasteiger partial charge in [-0.1, -0.05) is 5.16 Å². The zero-order valence-corrected chi connectivity index (χ0v) is 15.3. The van der Waals surface area contributed by atoms with Crippen LogP contribution in [0, 0.1) is 27.7 Å². The van der Waals surface area contributed by atoms with Gasteiger partial charge in [-0.15, -0.1) is 11.3 Å². The third-order valence-corrected chi connectivity index (χ3v) is 4.91. The SMILES string of the molecule is CN=C(NCCc1nc(C)c(C)s1)NCCc1c(C)noc1C. The highest BCUT2D eigenvalue weighted by Gasteiger charge is 2.09. The second-order valence-electron chi connectivity index (χ2n) is 5.48. The molecule has 6 nitrogen and oxygen atoms in total. The summed E-state index contributed by atoms with van der Waals surface area (Å²) in [7, 11) is 1.78. The van der Waals surface area contributed by atoms with Gasteiger partial charge in [-0.05, 0) is 34.1 Å². The van der Waals surface area contributed by atoms with Gasteiger partial charge in [-0.2, -0.15) is 0 Å². The van der Waals surface area contributed by atoms with E-state index in [1.807, 2.05) is 13.8 Å². The molecule has 2 heterocycles. The van der Waals surface area contributed by atoms with Crippen LogP contribution in [0.25, 0.3) is 0 Å². The van der Waals surface area contributed by atoms with Crippen LogP contribution in [0.4, 0.5) is 0 Å². The molecule has 2 aromatic heterocycles. The van der Waals surface area contributed by atoms with Gasteiger partial charge >= 0.3 is 0 Å². The summed E-state index contributed by atoms with van der Waals surface area (Å²) in [6.45, 7) is 9.68. The van der Waals surface area contributed by atoms with Crippen molar-refractivity contribution in [2.75, 3.05) is 20.1 Å². The Hall–Kier alpha value is -1.89. The minimum atomic E-state index is 0.790. The minimum absolute atomic E-state index is 0.790. The Kier molecular flexibility index (Phi) is 6.15. The van der Waals surface area contributed by atoms with Crippen molar-refractivity contribution in [3.8, 4) is 0 Å². The molecule has 0 aliphatic rings. The van der Waals surface area contributed by atoms with Crippen molar-refractivity contribution in [2.24, 2.45) is 4.99 Å². The third kappa shape index (κ3) is 4.79. The maximum absolute atomic E-state index is 5.18. The van der Waals surface area contributed by atoms with Crippen LogP contribution >= 0.6 is 11.3 Å². The fraction of sp³-hybridized carbons (Fsp3) is 0.562. The summed E-state index contributed by atoms with van der Waals surface area (Å²) in [5, 5.41) is 11.8. The summed E-state index contributed by atoms with van der Waals surface area (Å²) >= 11 is 1.76. The average Bonchev–Trinajstić information content (AvgIpc) is 3.01. The zero-order valence-electron chi connectivity index (χ0n) is 14.5. The molecule has 0 aromatic carbocycles. The van der Waals surface area contributed by atoms with Gasteiger partial charge in [-0.25, -0.2) is 4.98 Å². The predicted molar refractivity (Wildman–Crippen MR) is 94.3 cm³/mol. The van der Waals surface area contributed by atoms with E-state index in [9.17, 15) is 0 Å². The fourth-order valence-electron chi connectivity index (χ4n) is 2.32. The van der Waals surface area contributed by atoms with Crippen LogP contribution < -0.4 is 10.6 Å². The molecular formula is C16H25N5OS. The second-order valence-corrected chi connectivity index (χ2v) is 6.77. The standard InChI is InChI=1S/C16H25N5OS/c1-10-13(4)23-15(20-10)7-9-19-16(17-5)18-8-6-14-11(2)21-22-12(14)3/h6-9H2,1-5H3,(H2,17,18,19). The second kappa shape index (κ2) is 8.10. The lowest BCUT2D eigenvalue weighted by molar-refractivity contribution is 0.392. The molecule has 126 valence electrons. The third-order valence-electron chi connectivity index (χ3n) is 3.78. The Morgan fingerprint density at radius 3 is 2.30 bits per heavy atom. The summed E-state index contributed by atoms with van der Waals surface area (Å²) in [5.41, 5.74) is 3.26. The minimum Gasteiger partial charge on any atom is -0.361 e. The summed E-state index contributed by atoms with van der Waals surface area (Å²) in [6, 6.07) is 0. The number of guanidine groups is 1. The van der Waals surface area contributed by atoms with Crippen molar-refractivity contribution < 1.29 is 4.52 Å². The smallest absolute Gasteiger partial charge is 0.191 e. The lowest BCUT2D eigenvalue weighted by Crippen LogP contribution is -2.39. The van der Waals surface area contributed by atoms with E-state index in [0.717, 1.165) is 49.0 Å². The van der Waals surface area contributed by atoms with Crippen molar-refractivity contribution in [1.82, 2.24) is 20.8 Å². The van der Waals surface area contributed by atoms with E-state index in [4.69, 9.17) is 4.52 Å². The molecule has 0 fully saturated rings. The molecule has 0 unspecified atom stereocenters. The number of aliphatic imine (C=N–C) groups is 1. The van der Waals surface area contributed by atoms with Crippen LogP contribution in [0.2, 0.25) is 0 Å². The van der Waals surface area contributed by atoms with Gasteiger partial charge in [0.25, 0.3) is 0 Å². The first-order valence-electron chi connectivity index (χ1n) is 7.80. The number of thiazole rings is 1. The van der Waals surface area contributed by atoms with Crippen LogP contribution in [0.15, 0.2) is 9.52 Å². The van der Waals surface area contributed by atoms with Crippen LogP contribution in [-0.2, 0) is 12.8 Å². The molecule has 2 aromatic rings. The molecule has 0 aliphatic carbocycles. The van der Waals surface area contributed by atoms with Crippen molar-refractivity contribution in [3.05, 3.63) is 32.6 Å². The number of nitrogens with one attached hydrogen (secondary N) is 2. The molecule has 7 heteroatoms. The van der Waals surface area contributed by atoms with Gasteiger partial charge in [0.15, 0.2) is 5.96 Å². The Bertz CT molecular complexity index is 635. The van der Waals surface area contributed by atoms with Crippen molar-refractivity contribution in [2.45, 2.75) is 40.5 Å². The lowest BCUT2D eigenvalue weighted by Gasteiger charge is -2.11. The normalized spacial score (nSPS) is 11.8. The molecule has 2 N–H and O–H groups in total. The summed E-state index contributed by atoms with van der Waals surface area (Å²) in [4.78, 5) is 10.1. The molecule has 0 saturated carbocycles. The van der Waals surface area contributed by atoms with E-state index < -0.39 is 0 Å². The van der Waals surface area contributed by atoms with E-state index in [0.29, 0.717) is 0 Å². The van der Waals surface area contributed by atoms with E-state index in [2.05, 4.69) is 39.6 Å². The lowest BCUT2D eigenvalue weighted by atomic mass is 10.1. The Balaban J connectivity index is 1.73. The Morgan fingerprint density at radius 1 is 1.09 bits per heavy atom. The van der Waals surface area contributed by atoms with Gasteiger partial charge in [0.2, 0.25) is 0 Å². The number of aromatic nitrogens is 2. The highest BCUT2D eigenvalue weighted by atomic mass is 32.1. The molecule has 0 aliphatic heterocycles. The van der Waals surface area contributed by atoms with Gasteiger partial charge in [-0.3, -0.25) is 4.99 Å². The first-order chi connectivity index (χ1) is 11.0. The fourth-order valence-corrected chi connectivity index (χ4v) is 3.25. The summed E-state index contributed by atoms with van der Waals surface area (Å²) in [5.74, 6) is 1.70. The van der Waals surface area contributed by atoms with E-state index in [-0.39, 0.29) is 0 Å². The monoisotopic (exact) mass is 335 g/mol. The van der Waals surface area contributed by atoms with Crippen molar-refractivity contribution in [1.29, 1.82) is 0 Å². The molecule has 0 bridgehead atoms. The largest absolute Gasteiger partial charge is 0.361 e. The zero-order chi connectivity index (χ0) is 16.8. The predicted octanol–water partition coefficient (Wildman–Crippen LogP) is 2.31. The molecule has 0 radical (unpaired) electrons. The van der Waals surface area contributed by atoms with Gasteiger partial charge in [0.1, 0.15) is 5.76 Å². The topological polar surface area (TPSA) is 75.3 Å². The van der Waals surface area contributed by atoms with E-state index >= 15 is 0 Å². The van der Waals surface area contributed by atoms with Crippen molar-refractivity contribution in [3.63, 3.8) is 0 Å². The highest BCUT2D eigenvalue weighted by Crippen LogP contribution is 2.16. The average molecular weight is 335 g/mol. The van der Waals surface area contributed by atoms with Crippen LogP contribution in [0.3, 0.4) is 0 Å². The van der Waals surface area contributed by atoms with Gasteiger partial charge < -0.3 is 15.2 Å². The molecule has 2 rings (SSSR count). The Labute approximate surface area is 141 Å². The maximum Gasteiger partial charge on any atom is 0.191 e. The van der Waals surface area contributed by atoms with E-state index in [1.54, 1.807) is 18.4 Å².